The van der Waals surface area contributed by atoms with Crippen LogP contribution in [0.4, 0.5) is 11.4 Å². The fourth-order valence-electron chi connectivity index (χ4n) is 2.03. The lowest BCUT2D eigenvalue weighted by Gasteiger charge is -2.10. The highest BCUT2D eigenvalue weighted by Crippen LogP contribution is 2.31. The largest absolute Gasteiger partial charge is 0.478 e. The first-order valence-corrected chi connectivity index (χ1v) is 6.32. The average Bonchev–Trinajstić information content (AvgIpc) is 2.42. The van der Waals surface area contributed by atoms with Gasteiger partial charge in [0.25, 0.3) is 5.69 Å². The van der Waals surface area contributed by atoms with E-state index in [-0.39, 0.29) is 28.9 Å². The average molecular weight is 307 g/mol. The second kappa shape index (κ2) is 5.80. The molecule has 2 aromatic rings. The number of carboxylic acids is 1. The number of carbonyl (C=O) groups is 1. The van der Waals surface area contributed by atoms with Crippen LogP contribution in [0.3, 0.4) is 0 Å². The number of carboxylic acid groups (broad SMARTS) is 1. The third kappa shape index (κ3) is 2.95. The number of aromatic carboxylic acids is 1. The first kappa shape index (κ1) is 14.8. The standard InChI is InChI=1S/C14H11ClN2O4/c15-11-4-2-1-3-8(11)7-10-12(17(20)21)6-5-9(13(10)16)14(18)19/h1-6H,7,16H2,(H,18,19). The van der Waals surface area contributed by atoms with Crippen molar-refractivity contribution in [3.63, 3.8) is 0 Å². The topological polar surface area (TPSA) is 106 Å². The third-order valence-electron chi connectivity index (χ3n) is 3.08. The molecule has 0 aliphatic carbocycles. The summed E-state index contributed by atoms with van der Waals surface area (Å²) in [5, 5.41) is 20.6. The molecule has 0 radical (unpaired) electrons. The van der Waals surface area contributed by atoms with Crippen LogP contribution in [0.1, 0.15) is 21.5 Å². The Kier molecular flexibility index (Phi) is 4.09. The van der Waals surface area contributed by atoms with Crippen molar-refractivity contribution in [3.8, 4) is 0 Å². The van der Waals surface area contributed by atoms with Crippen molar-refractivity contribution in [3.05, 3.63) is 68.2 Å². The predicted octanol–water partition coefficient (Wildman–Crippen LogP) is 3.12. The Morgan fingerprint density at radius 2 is 1.95 bits per heavy atom. The van der Waals surface area contributed by atoms with E-state index in [0.29, 0.717) is 10.6 Å². The van der Waals surface area contributed by atoms with Crippen LogP contribution in [0.15, 0.2) is 36.4 Å². The Bertz CT molecular complexity index is 731. The van der Waals surface area contributed by atoms with E-state index >= 15 is 0 Å². The molecule has 6 nitrogen and oxygen atoms in total. The molecule has 0 saturated carbocycles. The van der Waals surface area contributed by atoms with Crippen LogP contribution in [-0.4, -0.2) is 16.0 Å². The maximum Gasteiger partial charge on any atom is 0.337 e. The van der Waals surface area contributed by atoms with Gasteiger partial charge in [-0.25, -0.2) is 4.79 Å². The number of benzene rings is 2. The molecule has 7 heteroatoms. The number of hydrogen-bond donors (Lipinski definition) is 2. The van der Waals surface area contributed by atoms with Crippen molar-refractivity contribution in [1.82, 2.24) is 0 Å². The van der Waals surface area contributed by atoms with E-state index < -0.39 is 10.9 Å². The number of nitro groups is 1. The van der Waals surface area contributed by atoms with Crippen LogP contribution in [0.5, 0.6) is 0 Å². The van der Waals surface area contributed by atoms with Crippen molar-refractivity contribution in [2.75, 3.05) is 5.73 Å². The minimum atomic E-state index is -1.23. The summed E-state index contributed by atoms with van der Waals surface area (Å²) >= 11 is 6.03. The lowest BCUT2D eigenvalue weighted by molar-refractivity contribution is -0.385. The summed E-state index contributed by atoms with van der Waals surface area (Å²) in [5.41, 5.74) is 6.07. The molecule has 3 N–H and O–H groups in total. The first-order chi connectivity index (χ1) is 9.91. The van der Waals surface area contributed by atoms with Crippen LogP contribution in [0, 0.1) is 10.1 Å². The Morgan fingerprint density at radius 3 is 2.52 bits per heavy atom. The molecule has 0 bridgehead atoms. The van der Waals surface area contributed by atoms with E-state index in [1.807, 2.05) is 0 Å². The lowest BCUT2D eigenvalue weighted by atomic mass is 9.98. The van der Waals surface area contributed by atoms with Gasteiger partial charge in [0.05, 0.1) is 21.7 Å². The van der Waals surface area contributed by atoms with Gasteiger partial charge in [0.1, 0.15) is 0 Å². The van der Waals surface area contributed by atoms with E-state index in [1.165, 1.54) is 0 Å². The van der Waals surface area contributed by atoms with Crippen molar-refractivity contribution in [1.29, 1.82) is 0 Å². The number of nitrogens with two attached hydrogens (primary N) is 1. The van der Waals surface area contributed by atoms with Crippen LogP contribution in [0.25, 0.3) is 0 Å². The fourth-order valence-corrected chi connectivity index (χ4v) is 2.23. The number of rotatable bonds is 4. The highest BCUT2D eigenvalue weighted by molar-refractivity contribution is 6.31. The van der Waals surface area contributed by atoms with Crippen molar-refractivity contribution < 1.29 is 14.8 Å². The fraction of sp³-hybridized carbons (Fsp3) is 0.0714. The molecule has 0 unspecified atom stereocenters. The first-order valence-electron chi connectivity index (χ1n) is 5.94. The van der Waals surface area contributed by atoms with E-state index in [4.69, 9.17) is 22.4 Å². The van der Waals surface area contributed by atoms with E-state index in [0.717, 1.165) is 12.1 Å². The molecule has 0 saturated heterocycles. The van der Waals surface area contributed by atoms with Crippen molar-refractivity contribution in [2.45, 2.75) is 6.42 Å². The Morgan fingerprint density at radius 1 is 1.29 bits per heavy atom. The predicted molar refractivity (Wildman–Crippen MR) is 78.7 cm³/mol. The molecule has 0 aliphatic rings. The third-order valence-corrected chi connectivity index (χ3v) is 3.45. The van der Waals surface area contributed by atoms with Gasteiger partial charge in [0.15, 0.2) is 0 Å². The van der Waals surface area contributed by atoms with Crippen LogP contribution >= 0.6 is 11.6 Å². The van der Waals surface area contributed by atoms with Gasteiger partial charge in [-0.2, -0.15) is 0 Å². The zero-order chi connectivity index (χ0) is 15.6. The molecule has 2 rings (SSSR count). The quantitative estimate of drug-likeness (QED) is 0.512. The maximum absolute atomic E-state index is 11.1. The Labute approximate surface area is 124 Å². The zero-order valence-electron chi connectivity index (χ0n) is 10.7. The smallest absolute Gasteiger partial charge is 0.337 e. The molecule has 0 aromatic heterocycles. The SMILES string of the molecule is Nc1c(C(=O)O)ccc([N+](=O)[O-])c1Cc1ccccc1Cl. The summed E-state index contributed by atoms with van der Waals surface area (Å²) in [5.74, 6) is -1.23. The number of nitro benzene ring substituents is 1. The van der Waals surface area contributed by atoms with E-state index in [1.54, 1.807) is 24.3 Å². The molecule has 2 aromatic carbocycles. The number of anilines is 1. The van der Waals surface area contributed by atoms with E-state index in [2.05, 4.69) is 0 Å². The van der Waals surface area contributed by atoms with Gasteiger partial charge in [-0.05, 0) is 17.7 Å². The summed E-state index contributed by atoms with van der Waals surface area (Å²) in [7, 11) is 0. The highest BCUT2D eigenvalue weighted by Gasteiger charge is 2.22. The van der Waals surface area contributed by atoms with Gasteiger partial charge in [0.2, 0.25) is 0 Å². The molecule has 0 heterocycles. The molecule has 0 spiro atoms. The number of hydrogen-bond acceptors (Lipinski definition) is 4. The summed E-state index contributed by atoms with van der Waals surface area (Å²) in [4.78, 5) is 21.6. The summed E-state index contributed by atoms with van der Waals surface area (Å²) < 4.78 is 0. The Balaban J connectivity index is 2.59. The normalized spacial score (nSPS) is 10.3. The molecule has 0 fully saturated rings. The number of nitrogen functional groups attached to an aromatic ring is 1. The van der Waals surface area contributed by atoms with Gasteiger partial charge in [-0.1, -0.05) is 29.8 Å². The van der Waals surface area contributed by atoms with Crippen molar-refractivity contribution >= 4 is 28.9 Å². The van der Waals surface area contributed by atoms with Gasteiger partial charge >= 0.3 is 5.97 Å². The lowest BCUT2D eigenvalue weighted by Crippen LogP contribution is -2.08. The van der Waals surface area contributed by atoms with Crippen LogP contribution in [0.2, 0.25) is 5.02 Å². The van der Waals surface area contributed by atoms with Crippen molar-refractivity contribution in [2.24, 2.45) is 0 Å². The highest BCUT2D eigenvalue weighted by atomic mass is 35.5. The van der Waals surface area contributed by atoms with Crippen LogP contribution < -0.4 is 5.73 Å². The second-order valence-electron chi connectivity index (χ2n) is 4.35. The molecular formula is C14H11ClN2O4. The summed E-state index contributed by atoms with van der Waals surface area (Å²) in [6, 6.07) is 9.11. The summed E-state index contributed by atoms with van der Waals surface area (Å²) in [6.07, 6.45) is 0.0862. The molecule has 21 heavy (non-hydrogen) atoms. The Hall–Kier alpha value is -2.60. The zero-order valence-corrected chi connectivity index (χ0v) is 11.5. The maximum atomic E-state index is 11.1. The molecule has 0 atom stereocenters. The van der Waals surface area contributed by atoms with Gasteiger partial charge in [0, 0.05) is 17.5 Å². The van der Waals surface area contributed by atoms with Gasteiger partial charge in [-0.15, -0.1) is 0 Å². The summed E-state index contributed by atoms with van der Waals surface area (Å²) in [6.45, 7) is 0. The van der Waals surface area contributed by atoms with Gasteiger partial charge in [-0.3, -0.25) is 10.1 Å². The monoisotopic (exact) mass is 306 g/mol. The van der Waals surface area contributed by atoms with Crippen LogP contribution in [-0.2, 0) is 6.42 Å². The minimum absolute atomic E-state index is 0.0862. The number of nitrogens with zero attached hydrogens (tertiary/aromatic N) is 1. The van der Waals surface area contributed by atoms with E-state index in [9.17, 15) is 14.9 Å². The molecule has 0 amide bonds. The second-order valence-corrected chi connectivity index (χ2v) is 4.76. The number of halogens is 1. The minimum Gasteiger partial charge on any atom is -0.478 e. The molecule has 108 valence electrons. The molecule has 0 aliphatic heterocycles. The van der Waals surface area contributed by atoms with Gasteiger partial charge < -0.3 is 10.8 Å². The molecular weight excluding hydrogens is 296 g/mol.